The van der Waals surface area contributed by atoms with Crippen LogP contribution in [0.4, 0.5) is 11.4 Å². The van der Waals surface area contributed by atoms with Crippen LogP contribution in [0.3, 0.4) is 0 Å². The molecule has 0 unspecified atom stereocenters. The minimum Gasteiger partial charge on any atom is -0.367 e. The van der Waals surface area contributed by atoms with Gasteiger partial charge in [-0.25, -0.2) is 0 Å². The summed E-state index contributed by atoms with van der Waals surface area (Å²) in [5.74, 6) is -0.114. The van der Waals surface area contributed by atoms with Gasteiger partial charge in [-0.2, -0.15) is 0 Å². The van der Waals surface area contributed by atoms with Crippen molar-refractivity contribution < 1.29 is 9.72 Å². The van der Waals surface area contributed by atoms with E-state index in [0.717, 1.165) is 3.79 Å². The van der Waals surface area contributed by atoms with Gasteiger partial charge in [0.1, 0.15) is 5.69 Å². The molecule has 0 saturated carbocycles. The van der Waals surface area contributed by atoms with Crippen LogP contribution in [-0.2, 0) is 0 Å². The Bertz CT molecular complexity index is 697. The van der Waals surface area contributed by atoms with Gasteiger partial charge >= 0.3 is 0 Å². The van der Waals surface area contributed by atoms with Crippen molar-refractivity contribution in [2.75, 3.05) is 5.32 Å². The number of nitrogens with zero attached hydrogens (tertiary/aromatic N) is 1. The van der Waals surface area contributed by atoms with Crippen molar-refractivity contribution in [2.45, 2.75) is 19.4 Å². The highest BCUT2D eigenvalue weighted by atomic mass is 79.9. The first kappa shape index (κ1) is 15.7. The van der Waals surface area contributed by atoms with E-state index in [1.54, 1.807) is 44.2 Å². The van der Waals surface area contributed by atoms with Crippen LogP contribution in [0.15, 0.2) is 40.2 Å². The number of carbonyl (C=O) groups is 1. The molecule has 0 bridgehead atoms. The summed E-state index contributed by atoms with van der Waals surface area (Å²) in [4.78, 5) is 23.7. The molecule has 7 heteroatoms. The molecular formula is C14H13BrN2O3S. The Hall–Kier alpha value is -1.73. The van der Waals surface area contributed by atoms with Crippen LogP contribution in [-0.4, -0.2) is 16.2 Å². The minimum atomic E-state index is -0.948. The second kappa shape index (κ2) is 5.95. The fraction of sp³-hybridized carbons (Fsp3) is 0.214. The quantitative estimate of drug-likeness (QED) is 0.479. The molecule has 21 heavy (non-hydrogen) atoms. The lowest BCUT2D eigenvalue weighted by molar-refractivity contribution is -0.384. The molecule has 1 aromatic heterocycles. The van der Waals surface area contributed by atoms with E-state index < -0.39 is 10.5 Å². The van der Waals surface area contributed by atoms with Crippen LogP contribution in [0.1, 0.15) is 23.5 Å². The molecule has 0 amide bonds. The maximum absolute atomic E-state index is 12.5. The lowest BCUT2D eigenvalue weighted by Gasteiger charge is -2.25. The topological polar surface area (TPSA) is 72.2 Å². The van der Waals surface area contributed by atoms with Crippen molar-refractivity contribution in [3.8, 4) is 0 Å². The summed E-state index contributed by atoms with van der Waals surface area (Å²) in [6.45, 7) is 3.42. The molecule has 1 heterocycles. The van der Waals surface area contributed by atoms with Gasteiger partial charge in [-0.3, -0.25) is 14.9 Å². The molecule has 0 atom stereocenters. The number of hydrogen-bond donors (Lipinski definition) is 1. The summed E-state index contributed by atoms with van der Waals surface area (Å²) in [6.07, 6.45) is 0. The number of benzene rings is 1. The average Bonchev–Trinajstić information content (AvgIpc) is 2.84. The first-order valence-electron chi connectivity index (χ1n) is 6.13. The van der Waals surface area contributed by atoms with Gasteiger partial charge in [0.05, 0.1) is 19.1 Å². The summed E-state index contributed by atoms with van der Waals surface area (Å²) < 4.78 is 0.868. The Morgan fingerprint density at radius 3 is 2.52 bits per heavy atom. The van der Waals surface area contributed by atoms with Crippen molar-refractivity contribution in [2.24, 2.45) is 0 Å². The third kappa shape index (κ3) is 3.48. The third-order valence-corrected chi connectivity index (χ3v) is 4.53. The Morgan fingerprint density at radius 1 is 1.29 bits per heavy atom. The lowest BCUT2D eigenvalue weighted by atomic mass is 9.97. The Labute approximate surface area is 134 Å². The molecule has 0 fully saturated rings. The Balaban J connectivity index is 2.29. The average molecular weight is 369 g/mol. The first-order chi connectivity index (χ1) is 9.81. The molecule has 1 aromatic carbocycles. The van der Waals surface area contributed by atoms with Gasteiger partial charge in [0.15, 0.2) is 5.78 Å². The zero-order chi connectivity index (χ0) is 15.6. The second-order valence-corrected chi connectivity index (χ2v) is 7.42. The first-order valence-corrected chi connectivity index (χ1v) is 7.74. The molecule has 110 valence electrons. The molecule has 0 saturated heterocycles. The number of para-hydroxylation sites is 2. The van der Waals surface area contributed by atoms with Gasteiger partial charge in [-0.05, 0) is 48.0 Å². The minimum absolute atomic E-state index is 0.0502. The number of thiophene rings is 1. The predicted octanol–water partition coefficient (Wildman–Crippen LogP) is 4.49. The summed E-state index contributed by atoms with van der Waals surface area (Å²) in [6, 6.07) is 9.83. The van der Waals surface area contributed by atoms with Crippen LogP contribution in [0.2, 0.25) is 0 Å². The highest BCUT2D eigenvalue weighted by Crippen LogP contribution is 2.30. The van der Waals surface area contributed by atoms with Crippen LogP contribution >= 0.6 is 27.3 Å². The van der Waals surface area contributed by atoms with Gasteiger partial charge in [0.2, 0.25) is 0 Å². The molecule has 1 N–H and O–H groups in total. The van der Waals surface area contributed by atoms with Crippen LogP contribution in [0.5, 0.6) is 0 Å². The number of ketones is 1. The molecule has 0 aliphatic rings. The Kier molecular flexibility index (Phi) is 4.43. The summed E-state index contributed by atoms with van der Waals surface area (Å²) in [7, 11) is 0. The van der Waals surface area contributed by atoms with Gasteiger partial charge in [-0.15, -0.1) is 11.3 Å². The van der Waals surface area contributed by atoms with Crippen LogP contribution in [0, 0.1) is 10.1 Å². The predicted molar refractivity (Wildman–Crippen MR) is 87.1 cm³/mol. The van der Waals surface area contributed by atoms with Crippen LogP contribution < -0.4 is 5.32 Å². The van der Waals surface area contributed by atoms with Crippen LogP contribution in [0.25, 0.3) is 0 Å². The highest BCUT2D eigenvalue weighted by molar-refractivity contribution is 9.11. The number of rotatable bonds is 5. The fourth-order valence-electron chi connectivity index (χ4n) is 1.88. The van der Waals surface area contributed by atoms with Gasteiger partial charge in [-0.1, -0.05) is 12.1 Å². The number of nitro benzene ring substituents is 1. The summed E-state index contributed by atoms with van der Waals surface area (Å²) >= 11 is 4.66. The number of nitrogens with one attached hydrogen (secondary N) is 1. The van der Waals surface area contributed by atoms with Crippen molar-refractivity contribution in [3.63, 3.8) is 0 Å². The van der Waals surface area contributed by atoms with Gasteiger partial charge in [0, 0.05) is 6.07 Å². The number of nitro groups is 1. The third-order valence-electron chi connectivity index (χ3n) is 2.91. The van der Waals surface area contributed by atoms with Crippen molar-refractivity contribution in [3.05, 3.63) is 55.2 Å². The molecule has 2 rings (SSSR count). The molecule has 5 nitrogen and oxygen atoms in total. The molecule has 0 spiro atoms. The van der Waals surface area contributed by atoms with Crippen molar-refractivity contribution >= 4 is 44.4 Å². The Morgan fingerprint density at radius 2 is 1.95 bits per heavy atom. The maximum Gasteiger partial charge on any atom is 0.292 e. The molecule has 0 aliphatic heterocycles. The highest BCUT2D eigenvalue weighted by Gasteiger charge is 2.31. The molecular weight excluding hydrogens is 356 g/mol. The molecule has 0 radical (unpaired) electrons. The zero-order valence-corrected chi connectivity index (χ0v) is 13.8. The fourth-order valence-corrected chi connectivity index (χ4v) is 3.36. The van der Waals surface area contributed by atoms with E-state index in [-0.39, 0.29) is 11.5 Å². The number of halogens is 1. The normalized spacial score (nSPS) is 11.2. The van der Waals surface area contributed by atoms with E-state index in [9.17, 15) is 14.9 Å². The van der Waals surface area contributed by atoms with E-state index in [0.29, 0.717) is 10.6 Å². The number of hydrogen-bond acceptors (Lipinski definition) is 5. The van der Waals surface area contributed by atoms with E-state index in [4.69, 9.17) is 0 Å². The molecule has 2 aromatic rings. The van der Waals surface area contributed by atoms with Crippen molar-refractivity contribution in [1.82, 2.24) is 0 Å². The number of carbonyl (C=O) groups excluding carboxylic acids is 1. The van der Waals surface area contributed by atoms with Gasteiger partial charge in [0.25, 0.3) is 5.69 Å². The zero-order valence-electron chi connectivity index (χ0n) is 11.4. The largest absolute Gasteiger partial charge is 0.367 e. The van der Waals surface area contributed by atoms with E-state index >= 15 is 0 Å². The number of anilines is 1. The standard InChI is InChI=1S/C14H13BrN2O3S/c1-14(2,13(18)11-7-8-12(15)21-11)16-9-5-3-4-6-10(9)17(19)20/h3-8,16H,1-2H3. The number of Topliss-reactive ketones (excluding diaryl/α,β-unsaturated/α-hetero) is 1. The smallest absolute Gasteiger partial charge is 0.292 e. The summed E-state index contributed by atoms with van der Waals surface area (Å²) in [5.41, 5.74) is -0.668. The monoisotopic (exact) mass is 368 g/mol. The van der Waals surface area contributed by atoms with E-state index in [2.05, 4.69) is 21.2 Å². The van der Waals surface area contributed by atoms with E-state index in [1.165, 1.54) is 17.4 Å². The van der Waals surface area contributed by atoms with E-state index in [1.807, 2.05) is 0 Å². The molecule has 0 aliphatic carbocycles. The van der Waals surface area contributed by atoms with Crippen molar-refractivity contribution in [1.29, 1.82) is 0 Å². The SMILES string of the molecule is CC(C)(Nc1ccccc1[N+](=O)[O-])C(=O)c1ccc(Br)s1. The lowest BCUT2D eigenvalue weighted by Crippen LogP contribution is -2.40. The van der Waals surface area contributed by atoms with Gasteiger partial charge < -0.3 is 5.32 Å². The second-order valence-electron chi connectivity index (χ2n) is 4.96. The summed E-state index contributed by atoms with van der Waals surface area (Å²) in [5, 5.41) is 14.0. The maximum atomic E-state index is 12.5.